The molecule has 7 heteroatoms. The number of carboxylic acid groups (broad SMARTS) is 1. The van der Waals surface area contributed by atoms with Gasteiger partial charge in [-0.05, 0) is 31.0 Å². The second kappa shape index (κ2) is 4.92. The predicted molar refractivity (Wildman–Crippen MR) is 67.3 cm³/mol. The fraction of sp³-hybridized carbons (Fsp3) is 0.417. The first-order valence-corrected chi connectivity index (χ1v) is 7.31. The first kappa shape index (κ1) is 14.0. The molecule has 0 heterocycles. The molecule has 6 nitrogen and oxygen atoms in total. The van der Waals surface area contributed by atoms with Crippen LogP contribution in [0.2, 0.25) is 0 Å². The lowest BCUT2D eigenvalue weighted by Gasteiger charge is -2.13. The Hall–Kier alpha value is -1.44. The van der Waals surface area contributed by atoms with Crippen molar-refractivity contribution in [2.45, 2.75) is 17.7 Å². The third-order valence-corrected chi connectivity index (χ3v) is 4.72. The molecule has 0 atom stereocenters. The Bertz CT molecular complexity index is 592. The van der Waals surface area contributed by atoms with Gasteiger partial charge in [-0.15, -0.1) is 0 Å². The smallest absolute Gasteiger partial charge is 0.335 e. The van der Waals surface area contributed by atoms with Crippen LogP contribution in [-0.4, -0.2) is 37.8 Å². The lowest BCUT2D eigenvalue weighted by Crippen LogP contribution is -2.32. The third kappa shape index (κ3) is 3.12. The number of benzene rings is 1. The van der Waals surface area contributed by atoms with Gasteiger partial charge in [0.05, 0.1) is 10.5 Å². The van der Waals surface area contributed by atoms with Crippen molar-refractivity contribution in [2.24, 2.45) is 5.41 Å². The van der Waals surface area contributed by atoms with E-state index in [0.29, 0.717) is 0 Å². The molecule has 1 aliphatic carbocycles. The zero-order chi connectivity index (χ0) is 14.1. The van der Waals surface area contributed by atoms with Crippen LogP contribution in [0.15, 0.2) is 29.2 Å². The lowest BCUT2D eigenvalue weighted by molar-refractivity contribution is 0.0696. The Morgan fingerprint density at radius 1 is 1.37 bits per heavy atom. The molecule has 0 saturated heterocycles. The van der Waals surface area contributed by atoms with Gasteiger partial charge in [0.25, 0.3) is 0 Å². The van der Waals surface area contributed by atoms with Crippen LogP contribution in [0.5, 0.6) is 0 Å². The van der Waals surface area contributed by atoms with Crippen LogP contribution < -0.4 is 4.72 Å². The van der Waals surface area contributed by atoms with Crippen molar-refractivity contribution in [3.05, 3.63) is 29.8 Å². The molecule has 1 aromatic carbocycles. The summed E-state index contributed by atoms with van der Waals surface area (Å²) in [6.07, 6.45) is 1.59. The van der Waals surface area contributed by atoms with Gasteiger partial charge in [0.1, 0.15) is 0 Å². The average Bonchev–Trinajstić information content (AvgIpc) is 3.17. The van der Waals surface area contributed by atoms with Crippen molar-refractivity contribution in [3.8, 4) is 0 Å². The van der Waals surface area contributed by atoms with Gasteiger partial charge in [0.15, 0.2) is 0 Å². The van der Waals surface area contributed by atoms with Gasteiger partial charge in [-0.1, -0.05) is 6.07 Å². The highest BCUT2D eigenvalue weighted by molar-refractivity contribution is 7.89. The van der Waals surface area contributed by atoms with E-state index in [-0.39, 0.29) is 29.0 Å². The lowest BCUT2D eigenvalue weighted by atomic mass is 10.1. The normalized spacial score (nSPS) is 17.1. The van der Waals surface area contributed by atoms with E-state index in [0.717, 1.165) is 18.9 Å². The summed E-state index contributed by atoms with van der Waals surface area (Å²) in [7, 11) is -3.74. The Kier molecular flexibility index (Phi) is 3.62. The Balaban J connectivity index is 2.15. The molecular weight excluding hydrogens is 270 g/mol. The molecule has 1 aromatic rings. The largest absolute Gasteiger partial charge is 0.478 e. The van der Waals surface area contributed by atoms with Gasteiger partial charge in [-0.2, -0.15) is 0 Å². The molecule has 0 radical (unpaired) electrons. The monoisotopic (exact) mass is 285 g/mol. The van der Waals surface area contributed by atoms with Gasteiger partial charge < -0.3 is 10.2 Å². The molecular formula is C12H15NO5S. The summed E-state index contributed by atoms with van der Waals surface area (Å²) in [6.45, 7) is 0.119. The summed E-state index contributed by atoms with van der Waals surface area (Å²) < 4.78 is 26.4. The number of nitrogens with one attached hydrogen (secondary N) is 1. The second-order valence-electron chi connectivity index (χ2n) is 4.82. The molecule has 104 valence electrons. The van der Waals surface area contributed by atoms with Gasteiger partial charge >= 0.3 is 5.97 Å². The highest BCUT2D eigenvalue weighted by atomic mass is 32.2. The van der Waals surface area contributed by atoms with Crippen LogP contribution in [0.3, 0.4) is 0 Å². The molecule has 0 aromatic heterocycles. The molecule has 19 heavy (non-hydrogen) atoms. The molecule has 0 unspecified atom stereocenters. The van der Waals surface area contributed by atoms with Crippen molar-refractivity contribution >= 4 is 16.0 Å². The Morgan fingerprint density at radius 3 is 2.58 bits per heavy atom. The molecule has 0 spiro atoms. The van der Waals surface area contributed by atoms with E-state index in [1.165, 1.54) is 18.2 Å². The third-order valence-electron chi connectivity index (χ3n) is 3.32. The number of rotatable bonds is 6. The second-order valence-corrected chi connectivity index (χ2v) is 6.58. The summed E-state index contributed by atoms with van der Waals surface area (Å²) in [6, 6.07) is 5.17. The molecule has 0 amide bonds. The topological polar surface area (TPSA) is 104 Å². The van der Waals surface area contributed by atoms with Crippen molar-refractivity contribution in [1.82, 2.24) is 4.72 Å². The summed E-state index contributed by atoms with van der Waals surface area (Å²) in [4.78, 5) is 10.7. The molecule has 1 fully saturated rings. The highest BCUT2D eigenvalue weighted by Gasteiger charge is 2.42. The maximum atomic E-state index is 12.0. The number of hydrogen-bond acceptors (Lipinski definition) is 4. The molecule has 0 aliphatic heterocycles. The van der Waals surface area contributed by atoms with E-state index in [2.05, 4.69) is 4.72 Å². The average molecular weight is 285 g/mol. The summed E-state index contributed by atoms with van der Waals surface area (Å²) in [5, 5.41) is 18.0. The van der Waals surface area contributed by atoms with Gasteiger partial charge in [-0.25, -0.2) is 17.9 Å². The number of carbonyl (C=O) groups is 1. The minimum atomic E-state index is -3.74. The van der Waals surface area contributed by atoms with Crippen LogP contribution in [-0.2, 0) is 10.0 Å². The van der Waals surface area contributed by atoms with Gasteiger partial charge in [0.2, 0.25) is 10.0 Å². The van der Waals surface area contributed by atoms with Crippen LogP contribution >= 0.6 is 0 Å². The maximum Gasteiger partial charge on any atom is 0.335 e. The summed E-state index contributed by atoms with van der Waals surface area (Å²) in [5.41, 5.74) is -0.413. The van der Waals surface area contributed by atoms with Crippen LogP contribution in [0.1, 0.15) is 23.2 Å². The maximum absolute atomic E-state index is 12.0. The first-order valence-electron chi connectivity index (χ1n) is 5.82. The van der Waals surface area contributed by atoms with E-state index < -0.39 is 16.0 Å². The fourth-order valence-corrected chi connectivity index (χ4v) is 2.90. The van der Waals surface area contributed by atoms with Crippen LogP contribution in [0.25, 0.3) is 0 Å². The number of aromatic carboxylic acids is 1. The number of hydrogen-bond donors (Lipinski definition) is 3. The van der Waals surface area contributed by atoms with Gasteiger partial charge in [-0.3, -0.25) is 0 Å². The van der Waals surface area contributed by atoms with Crippen molar-refractivity contribution in [3.63, 3.8) is 0 Å². The Morgan fingerprint density at radius 2 is 2.05 bits per heavy atom. The number of aliphatic hydroxyl groups excluding tert-OH is 1. The van der Waals surface area contributed by atoms with Crippen LogP contribution in [0, 0.1) is 5.41 Å². The minimum Gasteiger partial charge on any atom is -0.478 e. The van der Waals surface area contributed by atoms with E-state index >= 15 is 0 Å². The predicted octanol–water partition coefficient (Wildman–Crippen LogP) is 0.436. The fourth-order valence-electron chi connectivity index (χ4n) is 1.70. The zero-order valence-corrected chi connectivity index (χ0v) is 11.0. The molecule has 3 N–H and O–H groups in total. The van der Waals surface area contributed by atoms with E-state index in [9.17, 15) is 13.2 Å². The van der Waals surface area contributed by atoms with E-state index in [4.69, 9.17) is 10.2 Å². The SMILES string of the molecule is O=C(O)c1cccc(S(=O)(=O)NCC2(CO)CC2)c1. The number of aliphatic hydroxyl groups is 1. The van der Waals surface area contributed by atoms with Gasteiger partial charge in [0, 0.05) is 18.6 Å². The molecule has 1 aliphatic rings. The standard InChI is InChI=1S/C12H15NO5S/c14-8-12(4-5-12)7-13-19(17,18)10-3-1-2-9(6-10)11(15)16/h1-3,6,13-14H,4-5,7-8H2,(H,15,16). The summed E-state index contributed by atoms with van der Waals surface area (Å²) in [5.74, 6) is -1.17. The number of sulfonamides is 1. The summed E-state index contributed by atoms with van der Waals surface area (Å²) >= 11 is 0. The highest BCUT2D eigenvalue weighted by Crippen LogP contribution is 2.44. The zero-order valence-electron chi connectivity index (χ0n) is 10.2. The Labute approximate surface area is 111 Å². The molecule has 1 saturated carbocycles. The quantitative estimate of drug-likeness (QED) is 0.703. The van der Waals surface area contributed by atoms with Crippen molar-refractivity contribution < 1.29 is 23.4 Å². The first-order chi connectivity index (χ1) is 8.88. The minimum absolute atomic E-state index is 0.0509. The van der Waals surface area contributed by atoms with Crippen molar-refractivity contribution in [2.75, 3.05) is 13.2 Å². The van der Waals surface area contributed by atoms with Crippen molar-refractivity contribution in [1.29, 1.82) is 0 Å². The molecule has 0 bridgehead atoms. The molecule has 2 rings (SSSR count). The van der Waals surface area contributed by atoms with E-state index in [1.807, 2.05) is 0 Å². The van der Waals surface area contributed by atoms with E-state index in [1.54, 1.807) is 0 Å². The number of carboxylic acids is 1. The van der Waals surface area contributed by atoms with Crippen LogP contribution in [0.4, 0.5) is 0 Å².